The smallest absolute Gasteiger partial charge is 1.00 e. The van der Waals surface area contributed by atoms with Crippen molar-refractivity contribution in [1.82, 2.24) is 20.6 Å². The van der Waals surface area contributed by atoms with Crippen molar-refractivity contribution in [3.63, 3.8) is 0 Å². The molecule has 0 saturated heterocycles. The van der Waals surface area contributed by atoms with Crippen LogP contribution in [0.3, 0.4) is 0 Å². The Morgan fingerprint density at radius 2 is 1.62 bits per heavy atom. The van der Waals surface area contributed by atoms with Crippen LogP contribution in [0.15, 0.2) is 9.26 Å². The molecule has 124 valence electrons. The van der Waals surface area contributed by atoms with E-state index in [1.807, 2.05) is 0 Å². The molecular weight excluding hydrogens is 392 g/mol. The van der Waals surface area contributed by atoms with E-state index in [9.17, 15) is 9.90 Å². The minimum absolute atomic E-state index is 0. The van der Waals surface area contributed by atoms with Crippen LogP contribution < -0.4 is 17.0 Å². The predicted octanol–water partition coefficient (Wildman–Crippen LogP) is -2.37. The number of aliphatic hydroxyl groups is 1. The molecule has 2 aromatic rings. The van der Waals surface area contributed by atoms with Crippen LogP contribution in [-0.2, 0) is 5.60 Å². The van der Waals surface area contributed by atoms with E-state index in [4.69, 9.17) is 12.8 Å². The van der Waals surface area contributed by atoms with Crippen molar-refractivity contribution in [2.45, 2.75) is 33.3 Å². The van der Waals surface area contributed by atoms with Gasteiger partial charge < -0.3 is 34.9 Å². The Kier molecular flexibility index (Phi) is 14.3. The fourth-order valence-electron chi connectivity index (χ4n) is 1.29. The summed E-state index contributed by atoms with van der Waals surface area (Å²) >= 11 is 0. The minimum atomic E-state index is -1.38. The first kappa shape index (κ1) is 27.1. The van der Waals surface area contributed by atoms with E-state index in [2.05, 4.69) is 42.2 Å². The van der Waals surface area contributed by atoms with Crippen molar-refractivity contribution in [3.8, 4) is 18.8 Å². The van der Waals surface area contributed by atoms with Gasteiger partial charge in [0.05, 0.1) is 0 Å². The number of carbonyl (C=O) groups excluding carboxylic acids is 1. The summed E-state index contributed by atoms with van der Waals surface area (Å²) in [4.78, 5) is 10.6. The zero-order valence-electron chi connectivity index (χ0n) is 13.7. The average molecular weight is 408 g/mol. The Morgan fingerprint density at radius 3 is 1.88 bits per heavy atom. The molecule has 0 saturated carbocycles. The summed E-state index contributed by atoms with van der Waals surface area (Å²) in [5, 5.41) is 23.2. The molecule has 0 aliphatic heterocycles. The minimum Gasteiger partial charge on any atom is -1.00 e. The Hall–Kier alpha value is -1.72. The third kappa shape index (κ3) is 7.70. The number of halogens is 1. The van der Waals surface area contributed by atoms with E-state index < -0.39 is 5.60 Å². The second kappa shape index (κ2) is 12.7. The molecule has 1 unspecified atom stereocenters. The van der Waals surface area contributed by atoms with Gasteiger partial charge in [-0.1, -0.05) is 21.4 Å². The van der Waals surface area contributed by atoms with Gasteiger partial charge in [-0.05, 0) is 25.9 Å². The van der Waals surface area contributed by atoms with Gasteiger partial charge in [0.15, 0.2) is 22.8 Å². The van der Waals surface area contributed by atoms with Crippen molar-refractivity contribution in [1.29, 1.82) is 0 Å². The maximum atomic E-state index is 10.6. The van der Waals surface area contributed by atoms with Gasteiger partial charge in [0.1, 0.15) is 11.4 Å². The number of nitrogens with zero attached hydrogens (tertiary/aromatic N) is 4. The number of ketones is 1. The van der Waals surface area contributed by atoms with Crippen LogP contribution in [0, 0.1) is 39.0 Å². The van der Waals surface area contributed by atoms with Crippen LogP contribution in [0.2, 0.25) is 0 Å². The molecule has 24 heavy (non-hydrogen) atoms. The van der Waals surface area contributed by atoms with E-state index >= 15 is 0 Å². The molecule has 2 rings (SSSR count). The third-order valence-electron chi connectivity index (χ3n) is 2.38. The normalized spacial score (nSPS) is 10.8. The van der Waals surface area contributed by atoms with Crippen LogP contribution in [-0.4, -0.2) is 54.6 Å². The summed E-state index contributed by atoms with van der Waals surface area (Å²) in [6.07, 6.45) is 14.1. The third-order valence-corrected chi connectivity index (χ3v) is 2.38. The van der Waals surface area contributed by atoms with E-state index in [0.717, 1.165) is 0 Å². The monoisotopic (exact) mass is 406 g/mol. The summed E-state index contributed by atoms with van der Waals surface area (Å²) < 4.78 is 8.66. The topological polar surface area (TPSA) is 115 Å². The van der Waals surface area contributed by atoms with Gasteiger partial charge in [-0.15, -0.1) is 6.42 Å². The molecule has 1 N–H and O–H groups in total. The molecule has 1 atom stereocenters. The Morgan fingerprint density at radius 1 is 1.17 bits per heavy atom. The van der Waals surface area contributed by atoms with Gasteiger partial charge in [-0.3, -0.25) is 4.79 Å². The first-order valence-electron chi connectivity index (χ1n) is 5.88. The first-order valence-corrected chi connectivity index (χ1v) is 5.88. The van der Waals surface area contributed by atoms with E-state index in [0.29, 0.717) is 22.8 Å². The molecule has 10 heteroatoms. The molecule has 0 fully saturated rings. The molecule has 0 aliphatic carbocycles. The van der Waals surface area contributed by atoms with E-state index in [-0.39, 0.29) is 45.8 Å². The zero-order valence-corrected chi connectivity index (χ0v) is 16.7. The standard InChI is InChI=1S/C7H8N2O2.C5H6N2O2.C2H.BrH.Mg/c1-4-7(3,10)6-5(2)8-11-9-6;1-3-5(4(2)8)7-9-6-3;1-2;;/h1,10H,2-3H3;1-2H3;1H;1H;/q;;-1;;+2/p-1. The second-order valence-corrected chi connectivity index (χ2v) is 4.17. The SMILES string of the molecule is C#CC(C)(O)c1nonc1C.CC(=O)c1nonc1C.[Br-].[C-]#C.[Mg+2]. The van der Waals surface area contributed by atoms with Crippen molar-refractivity contribution in [2.75, 3.05) is 0 Å². The predicted molar refractivity (Wildman–Crippen MR) is 80.4 cm³/mol. The van der Waals surface area contributed by atoms with Gasteiger partial charge in [-0.2, -0.15) is 0 Å². The number of aromatic nitrogens is 4. The average Bonchev–Trinajstić information content (AvgIpc) is 3.10. The Balaban J connectivity index is -0.000000313. The number of rotatable bonds is 2. The van der Waals surface area contributed by atoms with Gasteiger partial charge in [0.25, 0.3) is 0 Å². The van der Waals surface area contributed by atoms with Crippen molar-refractivity contribution >= 4 is 28.8 Å². The number of carbonyl (C=O) groups is 1. The molecular formula is C14H15BrMgN4O4. The van der Waals surface area contributed by atoms with Gasteiger partial charge >= 0.3 is 23.1 Å². The molecule has 0 radical (unpaired) electrons. The van der Waals surface area contributed by atoms with Gasteiger partial charge in [0, 0.05) is 6.92 Å². The molecule has 8 nitrogen and oxygen atoms in total. The largest absolute Gasteiger partial charge is 2.00 e. The van der Waals surface area contributed by atoms with Crippen molar-refractivity contribution < 1.29 is 36.1 Å². The molecule has 2 heterocycles. The van der Waals surface area contributed by atoms with E-state index in [1.54, 1.807) is 13.8 Å². The molecule has 0 aromatic carbocycles. The molecule has 0 spiro atoms. The van der Waals surface area contributed by atoms with Crippen LogP contribution in [0.4, 0.5) is 0 Å². The van der Waals surface area contributed by atoms with Crippen LogP contribution >= 0.6 is 0 Å². The summed E-state index contributed by atoms with van der Waals surface area (Å²) in [6.45, 7) is 6.22. The fraction of sp³-hybridized carbons (Fsp3) is 0.357. The van der Waals surface area contributed by atoms with Gasteiger partial charge in [0.2, 0.25) is 0 Å². The maximum Gasteiger partial charge on any atom is 2.00 e. The van der Waals surface area contributed by atoms with Crippen molar-refractivity contribution in [2.24, 2.45) is 0 Å². The number of hydrogen-bond donors (Lipinski definition) is 1. The molecule has 2 aromatic heterocycles. The number of terminal acetylenes is 2. The molecule has 0 amide bonds. The number of aryl methyl sites for hydroxylation is 2. The fourth-order valence-corrected chi connectivity index (χ4v) is 1.29. The zero-order chi connectivity index (χ0) is 17.3. The first-order chi connectivity index (χ1) is 10.3. The summed E-state index contributed by atoms with van der Waals surface area (Å²) in [5.41, 5.74) is 0.273. The van der Waals surface area contributed by atoms with Gasteiger partial charge in [-0.25, -0.2) is 9.26 Å². The number of Topliss-reactive ketones (excluding diaryl/α,β-unsaturated/α-hetero) is 1. The van der Waals surface area contributed by atoms with E-state index in [1.165, 1.54) is 13.8 Å². The van der Waals surface area contributed by atoms with Crippen LogP contribution in [0.5, 0.6) is 0 Å². The summed E-state index contributed by atoms with van der Waals surface area (Å²) in [5.74, 6) is 2.06. The Labute approximate surface area is 166 Å². The van der Waals surface area contributed by atoms with Crippen LogP contribution in [0.25, 0.3) is 0 Å². The van der Waals surface area contributed by atoms with Crippen molar-refractivity contribution in [3.05, 3.63) is 29.2 Å². The molecule has 0 bridgehead atoms. The number of hydrogen-bond acceptors (Lipinski definition) is 8. The summed E-state index contributed by atoms with van der Waals surface area (Å²) in [7, 11) is 0. The summed E-state index contributed by atoms with van der Waals surface area (Å²) in [6, 6.07) is 0. The molecule has 0 aliphatic rings. The van der Waals surface area contributed by atoms with Crippen LogP contribution in [0.1, 0.15) is 41.4 Å². The maximum absolute atomic E-state index is 10.6. The second-order valence-electron chi connectivity index (χ2n) is 4.17. The Bertz CT molecular complexity index is 688. The quantitative estimate of drug-likeness (QED) is 0.254.